The quantitative estimate of drug-likeness (QED) is 0.347. The number of halogens is 1. The zero-order chi connectivity index (χ0) is 23.0. The molecular weight excluding hydrogens is 440 g/mol. The summed E-state index contributed by atoms with van der Waals surface area (Å²) in [4.78, 5) is 12.5. The zero-order valence-electron chi connectivity index (χ0n) is 18.1. The lowest BCUT2D eigenvalue weighted by molar-refractivity contribution is -0.122. The Bertz CT molecular complexity index is 1100. The highest BCUT2D eigenvalue weighted by atomic mass is 35.5. The third-order valence-corrected chi connectivity index (χ3v) is 5.56. The molecule has 3 N–H and O–H groups in total. The minimum Gasteiger partial charge on any atom is -0.497 e. The van der Waals surface area contributed by atoms with E-state index in [2.05, 4.69) is 21.4 Å². The lowest BCUT2D eigenvalue weighted by Crippen LogP contribution is -2.41. The van der Waals surface area contributed by atoms with E-state index in [-0.39, 0.29) is 11.9 Å². The number of nitrogens with one attached hydrogen (secondary N) is 3. The lowest BCUT2D eigenvalue weighted by atomic mass is 10.0. The Hall–Kier alpha value is -3.39. The second-order valence-electron chi connectivity index (χ2n) is 7.62. The topological polar surface area (TPSA) is 84.0 Å². The summed E-state index contributed by atoms with van der Waals surface area (Å²) in [5, 5.41) is 4.75. The number of ether oxygens (including phenoxy) is 2. The van der Waals surface area contributed by atoms with Crippen LogP contribution in [-0.2, 0) is 11.4 Å². The van der Waals surface area contributed by atoms with E-state index in [1.807, 2.05) is 72.8 Å². The summed E-state index contributed by atoms with van der Waals surface area (Å²) in [6, 6.07) is 22.4. The van der Waals surface area contributed by atoms with Gasteiger partial charge < -0.3 is 9.47 Å². The van der Waals surface area contributed by atoms with Gasteiger partial charge >= 0.3 is 0 Å². The minimum absolute atomic E-state index is 0.0228. The van der Waals surface area contributed by atoms with Crippen molar-refractivity contribution in [1.82, 2.24) is 16.3 Å². The summed E-state index contributed by atoms with van der Waals surface area (Å²) >= 11 is 5.93. The third-order valence-electron chi connectivity index (χ3n) is 5.30. The minimum atomic E-state index is -0.401. The highest BCUT2D eigenvalue weighted by molar-refractivity contribution is 6.30. The molecule has 0 saturated carbocycles. The maximum atomic E-state index is 12.5. The molecule has 0 bridgehead atoms. The number of benzene rings is 3. The fraction of sp³-hybridized carbons (Fsp3) is 0.200. The highest BCUT2D eigenvalue weighted by Crippen LogP contribution is 2.26. The number of rotatable bonds is 8. The van der Waals surface area contributed by atoms with E-state index < -0.39 is 6.04 Å². The van der Waals surface area contributed by atoms with Gasteiger partial charge in [0.2, 0.25) is 0 Å². The van der Waals surface area contributed by atoms with Gasteiger partial charge in [-0.1, -0.05) is 35.9 Å². The van der Waals surface area contributed by atoms with Crippen LogP contribution < -0.4 is 25.8 Å². The zero-order valence-corrected chi connectivity index (χ0v) is 18.9. The van der Waals surface area contributed by atoms with Gasteiger partial charge in [-0.05, 0) is 71.6 Å². The van der Waals surface area contributed by atoms with E-state index in [0.717, 1.165) is 28.2 Å². The molecule has 1 aliphatic heterocycles. The molecular formula is C25H25ClN4O3. The van der Waals surface area contributed by atoms with Gasteiger partial charge in [0.1, 0.15) is 24.1 Å². The van der Waals surface area contributed by atoms with Gasteiger partial charge in [0.25, 0.3) is 5.91 Å². The number of methoxy groups -OCH3 is 1. The predicted octanol–water partition coefficient (Wildman–Crippen LogP) is 3.99. The van der Waals surface area contributed by atoms with Crippen LogP contribution in [-0.4, -0.2) is 25.3 Å². The first-order valence-electron chi connectivity index (χ1n) is 10.6. The Morgan fingerprint density at radius 1 is 1.09 bits per heavy atom. The molecule has 0 aromatic heterocycles. The monoisotopic (exact) mass is 464 g/mol. The van der Waals surface area contributed by atoms with Crippen LogP contribution in [0.3, 0.4) is 0 Å². The maximum absolute atomic E-state index is 12.5. The van der Waals surface area contributed by atoms with Crippen molar-refractivity contribution >= 4 is 23.7 Å². The molecule has 8 heteroatoms. The fourth-order valence-electron chi connectivity index (χ4n) is 3.45. The largest absolute Gasteiger partial charge is 0.497 e. The first-order valence-corrected chi connectivity index (χ1v) is 10.9. The highest BCUT2D eigenvalue weighted by Gasteiger charge is 2.30. The van der Waals surface area contributed by atoms with Gasteiger partial charge in [-0.25, -0.2) is 16.3 Å². The van der Waals surface area contributed by atoms with Crippen LogP contribution in [0.1, 0.15) is 29.2 Å². The van der Waals surface area contributed by atoms with Gasteiger partial charge in [0.05, 0.1) is 13.3 Å². The standard InChI is InChI=1S/C25H25ClN4O3/c1-32-21-11-7-17(8-12-21)15-27-30-25(31)24-14-23(28-29-24)19-3-2-4-22(13-19)33-16-18-5-9-20(26)10-6-18/h2-13,15,23-24,28-29H,14,16H2,1H3,(H,30,31)/b27-15+. The molecule has 3 aromatic carbocycles. The van der Waals surface area contributed by atoms with Gasteiger partial charge in [0.15, 0.2) is 0 Å². The number of carbonyl (C=O) groups is 1. The molecule has 7 nitrogen and oxygen atoms in total. The molecule has 1 fully saturated rings. The smallest absolute Gasteiger partial charge is 0.258 e. The van der Waals surface area contributed by atoms with E-state index >= 15 is 0 Å². The summed E-state index contributed by atoms with van der Waals surface area (Å²) in [6.45, 7) is 0.453. The van der Waals surface area contributed by atoms with E-state index in [0.29, 0.717) is 18.1 Å². The van der Waals surface area contributed by atoms with Gasteiger partial charge in [-0.2, -0.15) is 5.10 Å². The Morgan fingerprint density at radius 2 is 1.88 bits per heavy atom. The van der Waals surface area contributed by atoms with Crippen molar-refractivity contribution in [2.45, 2.75) is 25.1 Å². The van der Waals surface area contributed by atoms with Gasteiger partial charge in [0, 0.05) is 11.1 Å². The summed E-state index contributed by atoms with van der Waals surface area (Å²) in [7, 11) is 1.61. The van der Waals surface area contributed by atoms with Crippen LogP contribution in [0, 0.1) is 0 Å². The third kappa shape index (κ3) is 6.32. The van der Waals surface area contributed by atoms with Crippen LogP contribution in [0.5, 0.6) is 11.5 Å². The lowest BCUT2D eigenvalue weighted by Gasteiger charge is -2.12. The number of hydrogen-bond donors (Lipinski definition) is 3. The SMILES string of the molecule is COc1ccc(/C=N/NC(=O)C2CC(c3cccc(OCc4ccc(Cl)cc4)c3)NN2)cc1. The Balaban J connectivity index is 1.28. The number of hydrogen-bond acceptors (Lipinski definition) is 6. The first kappa shape index (κ1) is 22.8. The number of hydrazone groups is 1. The molecule has 0 spiro atoms. The van der Waals surface area contributed by atoms with Crippen molar-refractivity contribution in [1.29, 1.82) is 0 Å². The van der Waals surface area contributed by atoms with Gasteiger partial charge in [-0.3, -0.25) is 4.79 Å². The second kappa shape index (κ2) is 11.0. The molecule has 1 aliphatic rings. The fourth-order valence-corrected chi connectivity index (χ4v) is 3.58. The summed E-state index contributed by atoms with van der Waals surface area (Å²) < 4.78 is 11.0. The average molecular weight is 465 g/mol. The number of nitrogens with zero attached hydrogens (tertiary/aromatic N) is 1. The molecule has 2 atom stereocenters. The Morgan fingerprint density at radius 3 is 2.64 bits per heavy atom. The van der Waals surface area contributed by atoms with Crippen molar-refractivity contribution in [3.05, 3.63) is 94.5 Å². The summed E-state index contributed by atoms with van der Waals surface area (Å²) in [6.07, 6.45) is 2.18. The van der Waals surface area contributed by atoms with Crippen LogP contribution in [0.15, 0.2) is 77.9 Å². The van der Waals surface area contributed by atoms with Crippen molar-refractivity contribution in [3.8, 4) is 11.5 Å². The Kier molecular flexibility index (Phi) is 7.57. The van der Waals surface area contributed by atoms with E-state index in [1.165, 1.54) is 0 Å². The van der Waals surface area contributed by atoms with E-state index in [4.69, 9.17) is 21.1 Å². The molecule has 33 heavy (non-hydrogen) atoms. The molecule has 1 amide bonds. The predicted molar refractivity (Wildman–Crippen MR) is 128 cm³/mol. The van der Waals surface area contributed by atoms with Crippen LogP contribution in [0.2, 0.25) is 5.02 Å². The van der Waals surface area contributed by atoms with Crippen LogP contribution in [0.4, 0.5) is 0 Å². The normalized spacial score (nSPS) is 17.8. The van der Waals surface area contributed by atoms with Crippen LogP contribution in [0.25, 0.3) is 0 Å². The maximum Gasteiger partial charge on any atom is 0.258 e. The van der Waals surface area contributed by atoms with Crippen LogP contribution >= 0.6 is 11.6 Å². The first-order chi connectivity index (χ1) is 16.1. The van der Waals surface area contributed by atoms with E-state index in [1.54, 1.807) is 13.3 Å². The van der Waals surface area contributed by atoms with Crippen molar-refractivity contribution < 1.29 is 14.3 Å². The number of amides is 1. The molecule has 0 radical (unpaired) electrons. The number of carbonyl (C=O) groups excluding carboxylic acids is 1. The number of hydrazine groups is 1. The Labute approximate surface area is 197 Å². The van der Waals surface area contributed by atoms with Gasteiger partial charge in [-0.15, -0.1) is 0 Å². The molecule has 1 saturated heterocycles. The van der Waals surface area contributed by atoms with Crippen molar-refractivity contribution in [2.24, 2.45) is 5.10 Å². The van der Waals surface area contributed by atoms with Crippen molar-refractivity contribution in [2.75, 3.05) is 7.11 Å². The molecule has 0 aliphatic carbocycles. The molecule has 170 valence electrons. The molecule has 2 unspecified atom stereocenters. The van der Waals surface area contributed by atoms with E-state index in [9.17, 15) is 4.79 Å². The second-order valence-corrected chi connectivity index (χ2v) is 8.06. The molecule has 3 aromatic rings. The average Bonchev–Trinajstić information content (AvgIpc) is 3.35. The molecule has 1 heterocycles. The van der Waals surface area contributed by atoms with Crippen molar-refractivity contribution in [3.63, 3.8) is 0 Å². The molecule has 4 rings (SSSR count). The summed E-state index contributed by atoms with van der Waals surface area (Å²) in [5.74, 6) is 1.33. The summed E-state index contributed by atoms with van der Waals surface area (Å²) in [5.41, 5.74) is 11.8.